The number of rotatable bonds is 20. The van der Waals surface area contributed by atoms with E-state index in [9.17, 15) is 9.59 Å². The lowest BCUT2D eigenvalue weighted by atomic mass is 10.1. The number of alkyl carbamates (subject to hydrolysis) is 1. The summed E-state index contributed by atoms with van der Waals surface area (Å²) >= 11 is 0. The van der Waals surface area contributed by atoms with Crippen LogP contribution in [0.1, 0.15) is 36.7 Å². The van der Waals surface area contributed by atoms with Gasteiger partial charge >= 0.3 is 12.1 Å². The molecular weight excluding hydrogens is 484 g/mol. The van der Waals surface area contributed by atoms with Crippen molar-refractivity contribution < 1.29 is 42.7 Å². The smallest absolute Gasteiger partial charge is 0.407 e. The fourth-order valence-electron chi connectivity index (χ4n) is 2.90. The number of ether oxygens (including phenoxy) is 7. The van der Waals surface area contributed by atoms with E-state index < -0.39 is 11.7 Å². The predicted molar refractivity (Wildman–Crippen MR) is 139 cm³/mol. The Kier molecular flexibility index (Phi) is 17.3. The predicted octanol–water partition coefficient (Wildman–Crippen LogP) is 2.80. The quantitative estimate of drug-likeness (QED) is 0.193. The van der Waals surface area contributed by atoms with Crippen molar-refractivity contribution >= 4 is 17.7 Å². The summed E-state index contributed by atoms with van der Waals surface area (Å²) in [4.78, 5) is 23.1. The van der Waals surface area contributed by atoms with Gasteiger partial charge in [0.05, 0.1) is 78.7 Å². The van der Waals surface area contributed by atoms with Crippen molar-refractivity contribution in [2.45, 2.75) is 33.3 Å². The zero-order valence-electron chi connectivity index (χ0n) is 22.9. The van der Waals surface area contributed by atoms with Gasteiger partial charge in [0, 0.05) is 18.8 Å². The Morgan fingerprint density at radius 2 is 1.24 bits per heavy atom. The summed E-state index contributed by atoms with van der Waals surface area (Å²) in [7, 11) is 1.37. The minimum atomic E-state index is -0.510. The molecule has 0 aromatic heterocycles. The first kappa shape index (κ1) is 32.6. The number of benzene rings is 1. The van der Waals surface area contributed by atoms with Gasteiger partial charge in [-0.3, -0.25) is 0 Å². The monoisotopic (exact) mass is 528 g/mol. The third-order valence-electron chi connectivity index (χ3n) is 4.61. The summed E-state index contributed by atoms with van der Waals surface area (Å²) in [6.07, 6.45) is -0.453. The summed E-state index contributed by atoms with van der Waals surface area (Å²) in [6.45, 7) is 13.1. The summed E-state index contributed by atoms with van der Waals surface area (Å²) < 4.78 is 37.1. The first-order chi connectivity index (χ1) is 17.7. The maximum atomic E-state index is 11.6. The van der Waals surface area contributed by atoms with E-state index in [1.54, 1.807) is 6.07 Å². The molecule has 1 aromatic carbocycles. The molecule has 0 bridgehead atoms. The number of esters is 1. The van der Waals surface area contributed by atoms with Crippen LogP contribution in [0.15, 0.2) is 18.2 Å². The molecule has 0 saturated heterocycles. The molecule has 0 unspecified atom stereocenters. The first-order valence-electron chi connectivity index (χ1n) is 12.5. The molecule has 0 spiro atoms. The number of hydrogen-bond donors (Lipinski definition) is 2. The van der Waals surface area contributed by atoms with Crippen molar-refractivity contribution in [2.24, 2.45) is 0 Å². The van der Waals surface area contributed by atoms with Crippen LogP contribution >= 0.6 is 0 Å². The average molecular weight is 529 g/mol. The number of carbonyl (C=O) groups is 2. The normalized spacial score (nSPS) is 11.3. The van der Waals surface area contributed by atoms with E-state index >= 15 is 0 Å². The lowest BCUT2D eigenvalue weighted by Crippen LogP contribution is -2.34. The number of anilines is 1. The molecule has 0 heterocycles. The van der Waals surface area contributed by atoms with E-state index in [0.29, 0.717) is 84.7 Å². The van der Waals surface area contributed by atoms with Gasteiger partial charge in [-0.05, 0) is 51.5 Å². The second-order valence-electron chi connectivity index (χ2n) is 8.94. The van der Waals surface area contributed by atoms with Crippen LogP contribution in [0.5, 0.6) is 0 Å². The van der Waals surface area contributed by atoms with Crippen LogP contribution in [-0.2, 0) is 33.2 Å². The Balaban J connectivity index is 1.82. The highest BCUT2D eigenvalue weighted by Crippen LogP contribution is 2.15. The Morgan fingerprint density at radius 3 is 1.70 bits per heavy atom. The topological polar surface area (TPSA) is 123 Å². The molecular formula is C26H44N2O9. The lowest BCUT2D eigenvalue weighted by molar-refractivity contribution is -0.0103. The summed E-state index contributed by atoms with van der Waals surface area (Å²) in [5.74, 6) is -0.337. The van der Waals surface area contributed by atoms with Gasteiger partial charge in [0.25, 0.3) is 0 Å². The molecule has 0 fully saturated rings. The van der Waals surface area contributed by atoms with Gasteiger partial charge in [-0.15, -0.1) is 0 Å². The minimum Gasteiger partial charge on any atom is -0.465 e. The van der Waals surface area contributed by atoms with Crippen molar-refractivity contribution in [3.8, 4) is 0 Å². The summed E-state index contributed by atoms with van der Waals surface area (Å²) in [5, 5.41) is 5.88. The molecule has 0 aliphatic carbocycles. The molecule has 0 atom stereocenters. The van der Waals surface area contributed by atoms with Crippen LogP contribution in [0, 0.1) is 6.92 Å². The zero-order valence-corrected chi connectivity index (χ0v) is 22.9. The van der Waals surface area contributed by atoms with Crippen molar-refractivity contribution in [3.63, 3.8) is 0 Å². The van der Waals surface area contributed by atoms with E-state index in [1.807, 2.05) is 39.8 Å². The highest BCUT2D eigenvalue weighted by Gasteiger charge is 2.15. The van der Waals surface area contributed by atoms with Crippen LogP contribution in [0.2, 0.25) is 0 Å². The number of amides is 1. The number of aryl methyl sites for hydroxylation is 1. The van der Waals surface area contributed by atoms with Crippen LogP contribution in [-0.4, -0.2) is 104 Å². The van der Waals surface area contributed by atoms with Crippen LogP contribution in [0.25, 0.3) is 0 Å². The maximum Gasteiger partial charge on any atom is 0.407 e. The summed E-state index contributed by atoms with van der Waals surface area (Å²) in [6, 6.07) is 5.50. The number of carbonyl (C=O) groups excluding carboxylic acids is 2. The number of methoxy groups -OCH3 is 1. The molecule has 11 nitrogen and oxygen atoms in total. The highest BCUT2D eigenvalue weighted by molar-refractivity contribution is 5.91. The first-order valence-corrected chi connectivity index (χ1v) is 12.5. The molecule has 2 N–H and O–H groups in total. The zero-order chi connectivity index (χ0) is 27.4. The Morgan fingerprint density at radius 1 is 0.757 bits per heavy atom. The van der Waals surface area contributed by atoms with Gasteiger partial charge in [0.2, 0.25) is 0 Å². The second-order valence-corrected chi connectivity index (χ2v) is 8.94. The molecule has 11 heteroatoms. The Labute approximate surface area is 220 Å². The van der Waals surface area contributed by atoms with Crippen LogP contribution < -0.4 is 10.6 Å². The second kappa shape index (κ2) is 19.6. The minimum absolute atomic E-state index is 0.337. The number of nitrogens with one attached hydrogen (secondary N) is 2. The van der Waals surface area contributed by atoms with E-state index in [2.05, 4.69) is 10.6 Å². The SMILES string of the molecule is COC(=O)c1ccc(NCCOCCOCCOCCOCCOCCNC(=O)OC(C)(C)C)cc1C. The maximum absolute atomic E-state index is 11.6. The van der Waals surface area contributed by atoms with Crippen molar-refractivity contribution in [3.05, 3.63) is 29.3 Å². The fourth-order valence-corrected chi connectivity index (χ4v) is 2.90. The van der Waals surface area contributed by atoms with Gasteiger partial charge in [-0.1, -0.05) is 0 Å². The standard InChI is InChI=1S/C26H44N2O9/c1-21-20-22(6-7-23(21)24(29)31-5)27-8-10-32-12-14-34-16-18-36-19-17-35-15-13-33-11-9-28-25(30)37-26(2,3)4/h6-7,20,27H,8-19H2,1-5H3,(H,28,30). The van der Waals surface area contributed by atoms with Gasteiger partial charge in [-0.2, -0.15) is 0 Å². The third kappa shape index (κ3) is 17.6. The molecule has 0 radical (unpaired) electrons. The third-order valence-corrected chi connectivity index (χ3v) is 4.61. The van der Waals surface area contributed by atoms with Gasteiger partial charge in [-0.25, -0.2) is 9.59 Å². The van der Waals surface area contributed by atoms with Crippen LogP contribution in [0.4, 0.5) is 10.5 Å². The molecule has 212 valence electrons. The lowest BCUT2D eigenvalue weighted by Gasteiger charge is -2.19. The largest absolute Gasteiger partial charge is 0.465 e. The van der Waals surface area contributed by atoms with Crippen molar-refractivity contribution in [2.75, 3.05) is 91.6 Å². The van der Waals surface area contributed by atoms with Gasteiger partial charge in [0.15, 0.2) is 0 Å². The molecule has 37 heavy (non-hydrogen) atoms. The Hall–Kier alpha value is -2.44. The van der Waals surface area contributed by atoms with E-state index in [4.69, 9.17) is 33.2 Å². The molecule has 0 aliphatic heterocycles. The van der Waals surface area contributed by atoms with E-state index in [1.165, 1.54) is 7.11 Å². The summed E-state index contributed by atoms with van der Waals surface area (Å²) in [5.41, 5.74) is 1.83. The number of hydrogen-bond acceptors (Lipinski definition) is 10. The molecule has 1 amide bonds. The molecule has 1 aromatic rings. The molecule has 0 saturated carbocycles. The van der Waals surface area contributed by atoms with E-state index in [-0.39, 0.29) is 5.97 Å². The fraction of sp³-hybridized carbons (Fsp3) is 0.692. The highest BCUT2D eigenvalue weighted by atomic mass is 16.6. The van der Waals surface area contributed by atoms with Crippen molar-refractivity contribution in [1.82, 2.24) is 5.32 Å². The van der Waals surface area contributed by atoms with Crippen molar-refractivity contribution in [1.29, 1.82) is 0 Å². The average Bonchev–Trinajstić information content (AvgIpc) is 2.84. The Bertz CT molecular complexity index is 769. The van der Waals surface area contributed by atoms with E-state index in [0.717, 1.165) is 11.3 Å². The molecule has 0 aliphatic rings. The molecule has 1 rings (SSSR count). The van der Waals surface area contributed by atoms with Gasteiger partial charge in [0.1, 0.15) is 5.60 Å². The van der Waals surface area contributed by atoms with Crippen LogP contribution in [0.3, 0.4) is 0 Å². The van der Waals surface area contributed by atoms with Gasteiger partial charge < -0.3 is 43.8 Å².